The van der Waals surface area contributed by atoms with E-state index in [0.29, 0.717) is 5.56 Å². The molecule has 7 heteroatoms. The van der Waals surface area contributed by atoms with Gasteiger partial charge in [-0.25, -0.2) is 13.1 Å². The SMILES string of the molecule is CCNS(=O)(=O)C1CC(c2cc(C(C)(C)C)c(O)c(C(C)(C)C)c2)C(=O)O1. The van der Waals surface area contributed by atoms with E-state index in [2.05, 4.69) is 4.72 Å². The van der Waals surface area contributed by atoms with Crippen molar-refractivity contribution in [3.8, 4) is 5.75 Å². The van der Waals surface area contributed by atoms with Crippen molar-refractivity contribution in [2.75, 3.05) is 6.54 Å². The van der Waals surface area contributed by atoms with Crippen molar-refractivity contribution in [2.24, 2.45) is 0 Å². The van der Waals surface area contributed by atoms with Gasteiger partial charge in [0.2, 0.25) is 15.5 Å². The number of carbonyl (C=O) groups is 1. The van der Waals surface area contributed by atoms with Crippen LogP contribution in [0.25, 0.3) is 0 Å². The summed E-state index contributed by atoms with van der Waals surface area (Å²) in [5.74, 6) is -1.000. The normalized spacial score (nSPS) is 21.4. The van der Waals surface area contributed by atoms with Gasteiger partial charge in [0.15, 0.2) is 0 Å². The lowest BCUT2D eigenvalue weighted by Gasteiger charge is -2.28. The largest absolute Gasteiger partial charge is 0.507 e. The van der Waals surface area contributed by atoms with Gasteiger partial charge in [-0.05, 0) is 27.5 Å². The second-order valence-corrected chi connectivity index (χ2v) is 11.1. The molecule has 0 amide bonds. The minimum Gasteiger partial charge on any atom is -0.507 e. The van der Waals surface area contributed by atoms with Crippen molar-refractivity contribution in [1.82, 2.24) is 4.72 Å². The van der Waals surface area contributed by atoms with Crippen LogP contribution in [0.5, 0.6) is 5.75 Å². The Balaban J connectivity index is 2.54. The van der Waals surface area contributed by atoms with E-state index in [1.54, 1.807) is 19.1 Å². The number of benzene rings is 1. The first-order valence-electron chi connectivity index (χ1n) is 9.25. The molecule has 0 spiro atoms. The number of cyclic esters (lactones) is 1. The maximum Gasteiger partial charge on any atom is 0.314 e. The zero-order valence-corrected chi connectivity index (χ0v) is 18.0. The van der Waals surface area contributed by atoms with Gasteiger partial charge in [-0.15, -0.1) is 0 Å². The van der Waals surface area contributed by atoms with Gasteiger partial charge >= 0.3 is 5.97 Å². The molecule has 0 saturated carbocycles. The van der Waals surface area contributed by atoms with Crippen molar-refractivity contribution >= 4 is 16.0 Å². The Labute approximate surface area is 162 Å². The Morgan fingerprint density at radius 1 is 1.11 bits per heavy atom. The lowest BCUT2D eigenvalue weighted by Crippen LogP contribution is -2.33. The van der Waals surface area contributed by atoms with Crippen molar-refractivity contribution < 1.29 is 23.1 Å². The number of hydrogen-bond donors (Lipinski definition) is 2. The fourth-order valence-electron chi connectivity index (χ4n) is 3.31. The number of carbonyl (C=O) groups excluding carboxylic acids is 1. The fourth-order valence-corrected chi connectivity index (χ4v) is 4.56. The molecule has 27 heavy (non-hydrogen) atoms. The van der Waals surface area contributed by atoms with Gasteiger partial charge in [-0.1, -0.05) is 60.6 Å². The van der Waals surface area contributed by atoms with E-state index in [1.807, 2.05) is 41.5 Å². The van der Waals surface area contributed by atoms with Gasteiger partial charge in [0, 0.05) is 13.0 Å². The molecule has 1 aromatic rings. The number of sulfonamides is 1. The Hall–Kier alpha value is -1.60. The van der Waals surface area contributed by atoms with E-state index in [-0.39, 0.29) is 29.5 Å². The third kappa shape index (κ3) is 4.46. The van der Waals surface area contributed by atoms with E-state index in [9.17, 15) is 18.3 Å². The second-order valence-electron chi connectivity index (χ2n) is 9.16. The van der Waals surface area contributed by atoms with Crippen LogP contribution in [0.3, 0.4) is 0 Å². The first-order chi connectivity index (χ1) is 12.2. The quantitative estimate of drug-likeness (QED) is 0.761. The molecule has 1 saturated heterocycles. The van der Waals surface area contributed by atoms with Gasteiger partial charge in [0.05, 0.1) is 5.92 Å². The summed E-state index contributed by atoms with van der Waals surface area (Å²) in [5.41, 5.74) is 0.281. The molecule has 0 radical (unpaired) electrons. The van der Waals surface area contributed by atoms with Crippen LogP contribution >= 0.6 is 0 Å². The highest BCUT2D eigenvalue weighted by atomic mass is 32.2. The fraction of sp³-hybridized carbons (Fsp3) is 0.650. The summed E-state index contributed by atoms with van der Waals surface area (Å²) < 4.78 is 32.0. The molecule has 1 aliphatic heterocycles. The monoisotopic (exact) mass is 397 g/mol. The van der Waals surface area contributed by atoms with Gasteiger partial charge in [0.25, 0.3) is 0 Å². The number of hydrogen-bond acceptors (Lipinski definition) is 5. The van der Waals surface area contributed by atoms with Crippen LogP contribution in [-0.2, 0) is 30.4 Å². The average molecular weight is 398 g/mol. The molecule has 1 aliphatic rings. The van der Waals surface area contributed by atoms with Crippen LogP contribution < -0.4 is 4.72 Å². The minimum atomic E-state index is -3.71. The number of nitrogens with one attached hydrogen (secondary N) is 1. The van der Waals surface area contributed by atoms with E-state index in [0.717, 1.165) is 11.1 Å². The number of aromatic hydroxyl groups is 1. The van der Waals surface area contributed by atoms with Gasteiger partial charge in [-0.2, -0.15) is 0 Å². The zero-order valence-electron chi connectivity index (χ0n) is 17.2. The molecule has 1 heterocycles. The molecule has 2 atom stereocenters. The Kier molecular flexibility index (Phi) is 5.70. The number of rotatable bonds is 4. The van der Waals surface area contributed by atoms with Crippen molar-refractivity contribution in [1.29, 1.82) is 0 Å². The Morgan fingerprint density at radius 3 is 2.00 bits per heavy atom. The van der Waals surface area contributed by atoms with Crippen LogP contribution in [0.2, 0.25) is 0 Å². The Bertz CT molecular complexity index is 796. The number of phenols is 1. The molecule has 2 rings (SSSR count). The molecule has 0 aromatic heterocycles. The van der Waals surface area contributed by atoms with Crippen LogP contribution in [-0.4, -0.2) is 31.5 Å². The highest BCUT2D eigenvalue weighted by Gasteiger charge is 2.43. The zero-order chi connectivity index (χ0) is 20.8. The molecule has 2 N–H and O–H groups in total. The van der Waals surface area contributed by atoms with Crippen LogP contribution in [0.1, 0.15) is 77.5 Å². The first kappa shape index (κ1) is 21.7. The van der Waals surface area contributed by atoms with Crippen molar-refractivity contribution in [3.63, 3.8) is 0 Å². The molecule has 1 aromatic carbocycles. The molecule has 152 valence electrons. The number of esters is 1. The van der Waals surface area contributed by atoms with Gasteiger partial charge < -0.3 is 9.84 Å². The molecule has 0 aliphatic carbocycles. The van der Waals surface area contributed by atoms with Crippen molar-refractivity contribution in [3.05, 3.63) is 28.8 Å². The number of ether oxygens (including phenoxy) is 1. The highest BCUT2D eigenvalue weighted by molar-refractivity contribution is 7.90. The summed E-state index contributed by atoms with van der Waals surface area (Å²) >= 11 is 0. The third-order valence-corrected chi connectivity index (χ3v) is 6.47. The van der Waals surface area contributed by atoms with Crippen LogP contribution in [0.15, 0.2) is 12.1 Å². The van der Waals surface area contributed by atoms with Crippen LogP contribution in [0.4, 0.5) is 0 Å². The van der Waals surface area contributed by atoms with E-state index >= 15 is 0 Å². The standard InChI is InChI=1S/C20H31NO5S/c1-8-21-27(24,25)16-11-13(18(23)26-16)12-9-14(19(2,3)4)17(22)15(10-12)20(5,6)7/h9-10,13,16,21-22H,8,11H2,1-7H3. The van der Waals surface area contributed by atoms with Crippen molar-refractivity contribution in [2.45, 2.75) is 77.1 Å². The first-order valence-corrected chi connectivity index (χ1v) is 10.8. The summed E-state index contributed by atoms with van der Waals surface area (Å²) in [7, 11) is -3.71. The molecular formula is C20H31NO5S. The maximum atomic E-state index is 12.5. The highest BCUT2D eigenvalue weighted by Crippen LogP contribution is 2.43. The number of phenolic OH excluding ortho intramolecular Hbond substituents is 1. The molecular weight excluding hydrogens is 366 g/mol. The summed E-state index contributed by atoms with van der Waals surface area (Å²) in [6.45, 7) is 13.9. The van der Waals surface area contributed by atoms with E-state index in [4.69, 9.17) is 4.74 Å². The predicted octanol–water partition coefficient (Wildman–Crippen LogP) is 3.28. The van der Waals surface area contributed by atoms with E-state index < -0.39 is 27.3 Å². The molecule has 0 bridgehead atoms. The van der Waals surface area contributed by atoms with Gasteiger partial charge in [0.1, 0.15) is 5.75 Å². The smallest absolute Gasteiger partial charge is 0.314 e. The van der Waals surface area contributed by atoms with Gasteiger partial charge in [-0.3, -0.25) is 4.79 Å². The Morgan fingerprint density at radius 2 is 1.59 bits per heavy atom. The lowest BCUT2D eigenvalue weighted by atomic mass is 9.77. The summed E-state index contributed by atoms with van der Waals surface area (Å²) in [6, 6.07) is 3.61. The third-order valence-electron chi connectivity index (χ3n) is 4.80. The average Bonchev–Trinajstić information content (AvgIpc) is 2.88. The second kappa shape index (κ2) is 7.09. The lowest BCUT2D eigenvalue weighted by molar-refractivity contribution is -0.140. The molecule has 6 nitrogen and oxygen atoms in total. The van der Waals surface area contributed by atoms with Crippen LogP contribution in [0, 0.1) is 0 Å². The summed E-state index contributed by atoms with van der Waals surface area (Å²) in [5, 5.41) is 10.8. The summed E-state index contributed by atoms with van der Waals surface area (Å²) in [4.78, 5) is 12.5. The maximum absolute atomic E-state index is 12.5. The minimum absolute atomic E-state index is 0.0616. The van der Waals surface area contributed by atoms with E-state index in [1.165, 1.54) is 0 Å². The molecule has 2 unspecified atom stereocenters. The predicted molar refractivity (Wildman–Crippen MR) is 105 cm³/mol. The summed E-state index contributed by atoms with van der Waals surface area (Å²) in [6.07, 6.45) is 0.0616. The molecule has 1 fully saturated rings. The topological polar surface area (TPSA) is 92.7 Å².